The zero-order chi connectivity index (χ0) is 10.8. The summed E-state index contributed by atoms with van der Waals surface area (Å²) < 4.78 is 1.50. The number of rotatable bonds is 3. The lowest BCUT2D eigenvalue weighted by Gasteiger charge is -2.18. The van der Waals surface area contributed by atoms with Gasteiger partial charge in [-0.2, -0.15) is 0 Å². The summed E-state index contributed by atoms with van der Waals surface area (Å²) >= 11 is 0. The highest BCUT2D eigenvalue weighted by atomic mass is 16.3. The van der Waals surface area contributed by atoms with Gasteiger partial charge < -0.3 is 15.0 Å². The molecule has 1 aromatic rings. The second-order valence-electron chi connectivity index (χ2n) is 4.03. The number of nitrogens with zero attached hydrogens (tertiary/aromatic N) is 1. The number of aryl methyl sites for hydroxylation is 1. The third-order valence-corrected chi connectivity index (χ3v) is 1.83. The van der Waals surface area contributed by atoms with E-state index in [0.29, 0.717) is 6.54 Å². The number of nitrogens with one attached hydrogen (secondary N) is 1. The zero-order valence-corrected chi connectivity index (χ0v) is 8.74. The molecule has 14 heavy (non-hydrogen) atoms. The third-order valence-electron chi connectivity index (χ3n) is 1.83. The van der Waals surface area contributed by atoms with Crippen LogP contribution in [0.3, 0.4) is 0 Å². The van der Waals surface area contributed by atoms with Crippen LogP contribution in [0.4, 0.5) is 5.69 Å². The van der Waals surface area contributed by atoms with Crippen molar-refractivity contribution in [1.29, 1.82) is 0 Å². The summed E-state index contributed by atoms with van der Waals surface area (Å²) in [5.41, 5.74) is -0.109. The van der Waals surface area contributed by atoms with Crippen molar-refractivity contribution in [3.05, 3.63) is 28.7 Å². The van der Waals surface area contributed by atoms with Gasteiger partial charge in [0, 0.05) is 31.5 Å². The average molecular weight is 196 g/mol. The SMILES string of the molecule is Cn1ccc(NCC(C)(C)O)cc1=O. The molecule has 0 aliphatic heterocycles. The van der Waals surface area contributed by atoms with E-state index in [2.05, 4.69) is 5.32 Å². The summed E-state index contributed by atoms with van der Waals surface area (Å²) in [6.07, 6.45) is 1.69. The first kappa shape index (κ1) is 10.8. The largest absolute Gasteiger partial charge is 0.389 e. The van der Waals surface area contributed by atoms with Crippen molar-refractivity contribution in [3.8, 4) is 0 Å². The Morgan fingerprint density at radius 1 is 1.57 bits per heavy atom. The molecule has 4 nitrogen and oxygen atoms in total. The highest BCUT2D eigenvalue weighted by Gasteiger charge is 2.11. The molecule has 78 valence electrons. The zero-order valence-electron chi connectivity index (χ0n) is 8.74. The van der Waals surface area contributed by atoms with Crippen LogP contribution in [0.5, 0.6) is 0 Å². The van der Waals surface area contributed by atoms with Gasteiger partial charge in [-0.25, -0.2) is 0 Å². The number of anilines is 1. The molecule has 0 aromatic carbocycles. The molecular formula is C10H16N2O2. The van der Waals surface area contributed by atoms with Crippen molar-refractivity contribution < 1.29 is 5.11 Å². The minimum absolute atomic E-state index is 0.0641. The average Bonchev–Trinajstić information content (AvgIpc) is 2.06. The molecule has 0 atom stereocenters. The van der Waals surface area contributed by atoms with Crippen LogP contribution in [0.15, 0.2) is 23.1 Å². The molecule has 0 aliphatic rings. The first-order valence-corrected chi connectivity index (χ1v) is 4.51. The van der Waals surface area contributed by atoms with Crippen LogP contribution in [0.25, 0.3) is 0 Å². The second kappa shape index (κ2) is 3.84. The summed E-state index contributed by atoms with van der Waals surface area (Å²) in [6.45, 7) is 3.84. The number of aliphatic hydroxyl groups is 1. The highest BCUT2D eigenvalue weighted by molar-refractivity contribution is 5.41. The van der Waals surface area contributed by atoms with Crippen LogP contribution in [0.2, 0.25) is 0 Å². The molecular weight excluding hydrogens is 180 g/mol. The number of aromatic nitrogens is 1. The van der Waals surface area contributed by atoms with E-state index >= 15 is 0 Å². The Bertz CT molecular complexity index is 363. The van der Waals surface area contributed by atoms with Crippen molar-refractivity contribution in [2.75, 3.05) is 11.9 Å². The molecule has 1 heterocycles. The first-order chi connectivity index (χ1) is 6.38. The van der Waals surface area contributed by atoms with Crippen molar-refractivity contribution in [1.82, 2.24) is 4.57 Å². The molecule has 0 spiro atoms. The van der Waals surface area contributed by atoms with Gasteiger partial charge in [-0.1, -0.05) is 0 Å². The molecule has 0 saturated heterocycles. The fourth-order valence-corrected chi connectivity index (χ4v) is 0.977. The van der Waals surface area contributed by atoms with E-state index in [1.165, 1.54) is 10.6 Å². The Balaban J connectivity index is 2.70. The van der Waals surface area contributed by atoms with Gasteiger partial charge >= 0.3 is 0 Å². The van der Waals surface area contributed by atoms with Gasteiger partial charge in [-0.3, -0.25) is 4.79 Å². The van der Waals surface area contributed by atoms with Gasteiger partial charge in [0.05, 0.1) is 5.60 Å². The summed E-state index contributed by atoms with van der Waals surface area (Å²) in [5.74, 6) is 0. The Morgan fingerprint density at radius 3 is 2.71 bits per heavy atom. The van der Waals surface area contributed by atoms with Gasteiger partial charge in [-0.05, 0) is 19.9 Å². The molecule has 2 N–H and O–H groups in total. The first-order valence-electron chi connectivity index (χ1n) is 4.51. The lowest BCUT2D eigenvalue weighted by atomic mass is 10.1. The maximum absolute atomic E-state index is 11.2. The number of pyridine rings is 1. The Morgan fingerprint density at radius 2 is 2.21 bits per heavy atom. The van der Waals surface area contributed by atoms with Gasteiger partial charge in [-0.15, -0.1) is 0 Å². The molecule has 1 rings (SSSR count). The van der Waals surface area contributed by atoms with E-state index in [1.54, 1.807) is 33.2 Å². The normalized spacial score (nSPS) is 11.4. The maximum atomic E-state index is 11.2. The molecule has 1 aromatic heterocycles. The summed E-state index contributed by atoms with van der Waals surface area (Å²) in [4.78, 5) is 11.2. The van der Waals surface area contributed by atoms with Crippen LogP contribution < -0.4 is 10.9 Å². The molecule has 0 unspecified atom stereocenters. The van der Waals surface area contributed by atoms with Crippen molar-refractivity contribution >= 4 is 5.69 Å². The predicted molar refractivity (Wildman–Crippen MR) is 56.5 cm³/mol. The summed E-state index contributed by atoms with van der Waals surface area (Å²) in [5, 5.41) is 12.4. The van der Waals surface area contributed by atoms with Crippen molar-refractivity contribution in [2.45, 2.75) is 19.4 Å². The van der Waals surface area contributed by atoms with Gasteiger partial charge in [0.2, 0.25) is 0 Å². The van der Waals surface area contributed by atoms with E-state index in [1.807, 2.05) is 0 Å². The van der Waals surface area contributed by atoms with E-state index in [9.17, 15) is 9.90 Å². The van der Waals surface area contributed by atoms with Crippen molar-refractivity contribution in [3.63, 3.8) is 0 Å². The van der Waals surface area contributed by atoms with E-state index < -0.39 is 5.60 Å². The molecule has 4 heteroatoms. The number of hydrogen-bond acceptors (Lipinski definition) is 3. The Hall–Kier alpha value is -1.29. The quantitative estimate of drug-likeness (QED) is 0.743. The van der Waals surface area contributed by atoms with E-state index in [-0.39, 0.29) is 5.56 Å². The van der Waals surface area contributed by atoms with Gasteiger partial charge in [0.15, 0.2) is 0 Å². The van der Waals surface area contributed by atoms with Crippen LogP contribution in [0, 0.1) is 0 Å². The van der Waals surface area contributed by atoms with Crippen LogP contribution in [0.1, 0.15) is 13.8 Å². The highest BCUT2D eigenvalue weighted by Crippen LogP contribution is 2.05. The lowest BCUT2D eigenvalue weighted by Crippen LogP contribution is -2.29. The Kier molecular flexibility index (Phi) is 2.96. The van der Waals surface area contributed by atoms with Crippen LogP contribution in [-0.2, 0) is 7.05 Å². The number of hydrogen-bond donors (Lipinski definition) is 2. The van der Waals surface area contributed by atoms with Crippen LogP contribution in [-0.4, -0.2) is 21.8 Å². The van der Waals surface area contributed by atoms with Crippen molar-refractivity contribution in [2.24, 2.45) is 7.05 Å². The fraction of sp³-hybridized carbons (Fsp3) is 0.500. The molecule has 0 bridgehead atoms. The molecule has 0 saturated carbocycles. The van der Waals surface area contributed by atoms with Crippen LogP contribution >= 0.6 is 0 Å². The topological polar surface area (TPSA) is 54.3 Å². The summed E-state index contributed by atoms with van der Waals surface area (Å²) in [7, 11) is 1.70. The summed E-state index contributed by atoms with van der Waals surface area (Å²) in [6, 6.07) is 3.30. The predicted octanol–water partition coefficient (Wildman–Crippen LogP) is 0.568. The third kappa shape index (κ3) is 3.22. The standard InChI is InChI=1S/C10H16N2O2/c1-10(2,14)7-11-8-4-5-12(3)9(13)6-8/h4-6,11,14H,7H2,1-3H3. The molecule has 0 amide bonds. The van der Waals surface area contributed by atoms with E-state index in [0.717, 1.165) is 5.69 Å². The van der Waals surface area contributed by atoms with E-state index in [4.69, 9.17) is 0 Å². The molecule has 0 aliphatic carbocycles. The molecule has 0 radical (unpaired) electrons. The fourth-order valence-electron chi connectivity index (χ4n) is 0.977. The maximum Gasteiger partial charge on any atom is 0.252 e. The minimum atomic E-state index is -0.777. The second-order valence-corrected chi connectivity index (χ2v) is 4.03. The van der Waals surface area contributed by atoms with Gasteiger partial charge in [0.25, 0.3) is 5.56 Å². The smallest absolute Gasteiger partial charge is 0.252 e. The van der Waals surface area contributed by atoms with Gasteiger partial charge in [0.1, 0.15) is 0 Å². The minimum Gasteiger partial charge on any atom is -0.389 e. The monoisotopic (exact) mass is 196 g/mol. The molecule has 0 fully saturated rings. The Labute approximate surface area is 83.2 Å². The lowest BCUT2D eigenvalue weighted by molar-refractivity contribution is 0.0945.